The van der Waals surface area contributed by atoms with E-state index in [4.69, 9.17) is 24.2 Å². The summed E-state index contributed by atoms with van der Waals surface area (Å²) in [5.74, 6) is 3.67. The second-order valence-electron chi connectivity index (χ2n) is 9.77. The van der Waals surface area contributed by atoms with Crippen molar-refractivity contribution in [1.82, 2.24) is 14.8 Å². The summed E-state index contributed by atoms with van der Waals surface area (Å²) in [5.41, 5.74) is 4.52. The summed E-state index contributed by atoms with van der Waals surface area (Å²) in [6.45, 7) is 11.8. The van der Waals surface area contributed by atoms with Gasteiger partial charge in [-0.3, -0.25) is 4.90 Å². The van der Waals surface area contributed by atoms with E-state index in [9.17, 15) is 0 Å². The molecule has 8 heteroatoms. The molecule has 3 heterocycles. The highest BCUT2D eigenvalue weighted by Crippen LogP contribution is 2.41. The number of nitrogens with one attached hydrogen (secondary N) is 1. The number of allylic oxidation sites excluding steroid dienone is 2. The third-order valence-electron chi connectivity index (χ3n) is 7.24. The smallest absolute Gasteiger partial charge is 0.203 e. The fourth-order valence-corrected chi connectivity index (χ4v) is 4.98. The van der Waals surface area contributed by atoms with Gasteiger partial charge in [-0.2, -0.15) is 0 Å². The third kappa shape index (κ3) is 6.25. The number of aliphatic imine (C=N–C) groups is 2. The van der Waals surface area contributed by atoms with Crippen LogP contribution in [-0.2, 0) is 6.54 Å². The van der Waals surface area contributed by atoms with Gasteiger partial charge in [0.15, 0.2) is 11.5 Å². The van der Waals surface area contributed by atoms with Gasteiger partial charge in [-0.1, -0.05) is 13.0 Å². The number of rotatable bonds is 7. The van der Waals surface area contributed by atoms with Crippen molar-refractivity contribution in [3.63, 3.8) is 0 Å². The van der Waals surface area contributed by atoms with Crippen molar-refractivity contribution in [1.29, 1.82) is 0 Å². The summed E-state index contributed by atoms with van der Waals surface area (Å²) < 4.78 is 18.8. The molecule has 0 amide bonds. The lowest BCUT2D eigenvalue weighted by atomic mass is 10.0. The molecule has 2 aliphatic rings. The highest BCUT2D eigenvalue weighted by molar-refractivity contribution is 6.08. The second-order valence-corrected chi connectivity index (χ2v) is 9.77. The maximum absolute atomic E-state index is 5.55. The Morgan fingerprint density at radius 3 is 2.46 bits per heavy atom. The standard InChI is InChI=1S/C29H41N5O3/c1-7-22-10-9-20(2)29(34-17-21(3)23(19-34)18-33-13-8-11-30-12-14-33)32-28(22)31-24-15-25(35-4)27(37-6)26(16-24)36-5/h9,15-17,19,22,30H,7-8,10-14,18H2,1-6H3. The molecule has 0 aliphatic carbocycles. The van der Waals surface area contributed by atoms with Gasteiger partial charge in [0.25, 0.3) is 0 Å². The van der Waals surface area contributed by atoms with Gasteiger partial charge in [-0.15, -0.1) is 0 Å². The van der Waals surface area contributed by atoms with Gasteiger partial charge in [-0.25, -0.2) is 9.98 Å². The molecule has 2 aliphatic heterocycles. The molecule has 0 spiro atoms. The first kappa shape index (κ1) is 26.9. The average Bonchev–Trinajstić information content (AvgIpc) is 3.05. The van der Waals surface area contributed by atoms with Crippen LogP contribution in [0.3, 0.4) is 0 Å². The Labute approximate surface area is 221 Å². The van der Waals surface area contributed by atoms with Gasteiger partial charge < -0.3 is 24.1 Å². The van der Waals surface area contributed by atoms with E-state index in [2.05, 4.69) is 54.0 Å². The molecule has 1 fully saturated rings. The van der Waals surface area contributed by atoms with Crippen LogP contribution in [-0.4, -0.2) is 68.6 Å². The maximum Gasteiger partial charge on any atom is 0.203 e. The van der Waals surface area contributed by atoms with E-state index in [1.165, 1.54) is 17.5 Å². The summed E-state index contributed by atoms with van der Waals surface area (Å²) in [4.78, 5) is 12.7. The summed E-state index contributed by atoms with van der Waals surface area (Å²) in [7, 11) is 4.84. The molecule has 37 heavy (non-hydrogen) atoms. The number of aromatic nitrogens is 1. The molecule has 200 valence electrons. The molecule has 1 N–H and O–H groups in total. The van der Waals surface area contributed by atoms with Crippen molar-refractivity contribution in [2.45, 2.75) is 46.6 Å². The van der Waals surface area contributed by atoms with Gasteiger partial charge in [-0.05, 0) is 62.9 Å². The minimum atomic E-state index is 0.215. The molecule has 1 unspecified atom stereocenters. The normalized spacial score (nSPS) is 20.2. The van der Waals surface area contributed by atoms with E-state index in [0.29, 0.717) is 17.2 Å². The largest absolute Gasteiger partial charge is 0.493 e. The SMILES string of the molecule is CCC1CC=C(C)C(n2cc(C)c(CN3CCCNCC3)c2)=NC1=Nc1cc(OC)c(OC)c(OC)c1. The number of benzene rings is 1. The molecule has 4 rings (SSSR count). The number of methoxy groups -OCH3 is 3. The summed E-state index contributed by atoms with van der Waals surface area (Å²) >= 11 is 0. The van der Waals surface area contributed by atoms with E-state index in [0.717, 1.165) is 68.5 Å². The Bertz CT molecular complexity index is 1150. The first-order chi connectivity index (χ1) is 18.0. The van der Waals surface area contributed by atoms with Crippen molar-refractivity contribution < 1.29 is 14.2 Å². The van der Waals surface area contributed by atoms with Gasteiger partial charge >= 0.3 is 0 Å². The van der Waals surface area contributed by atoms with E-state index < -0.39 is 0 Å². The van der Waals surface area contributed by atoms with E-state index in [1.807, 2.05) is 12.1 Å². The lowest BCUT2D eigenvalue weighted by molar-refractivity contribution is 0.284. The molecule has 1 aromatic carbocycles. The fraction of sp³-hybridized carbons (Fsp3) is 0.517. The molecule has 8 nitrogen and oxygen atoms in total. The lowest BCUT2D eigenvalue weighted by Crippen LogP contribution is -2.27. The van der Waals surface area contributed by atoms with E-state index in [-0.39, 0.29) is 5.92 Å². The second kappa shape index (κ2) is 12.4. The van der Waals surface area contributed by atoms with Crippen LogP contribution >= 0.6 is 0 Å². The summed E-state index contributed by atoms with van der Waals surface area (Å²) in [6, 6.07) is 3.74. The van der Waals surface area contributed by atoms with Crippen molar-refractivity contribution in [3.05, 3.63) is 47.3 Å². The topological polar surface area (TPSA) is 72.6 Å². The van der Waals surface area contributed by atoms with Gasteiger partial charge in [0, 0.05) is 50.1 Å². The lowest BCUT2D eigenvalue weighted by Gasteiger charge is -2.19. The monoisotopic (exact) mass is 507 g/mol. The molecule has 0 bridgehead atoms. The maximum atomic E-state index is 5.55. The third-order valence-corrected chi connectivity index (χ3v) is 7.24. The highest BCUT2D eigenvalue weighted by atomic mass is 16.5. The van der Waals surface area contributed by atoms with Gasteiger partial charge in [0.1, 0.15) is 11.7 Å². The van der Waals surface area contributed by atoms with Crippen LogP contribution in [0, 0.1) is 12.8 Å². The minimum Gasteiger partial charge on any atom is -0.493 e. The van der Waals surface area contributed by atoms with Crippen LogP contribution in [0.5, 0.6) is 17.2 Å². The number of nitrogens with zero attached hydrogens (tertiary/aromatic N) is 4. The molecule has 1 aromatic heterocycles. The highest BCUT2D eigenvalue weighted by Gasteiger charge is 2.22. The zero-order valence-corrected chi connectivity index (χ0v) is 23.1. The predicted molar refractivity (Wildman–Crippen MR) is 150 cm³/mol. The van der Waals surface area contributed by atoms with Gasteiger partial charge in [0.05, 0.1) is 27.0 Å². The summed E-state index contributed by atoms with van der Waals surface area (Å²) in [6.07, 6.45) is 9.76. The first-order valence-corrected chi connectivity index (χ1v) is 13.2. The van der Waals surface area contributed by atoms with E-state index >= 15 is 0 Å². The Hall–Kier alpha value is -3.10. The number of amidine groups is 1. The van der Waals surface area contributed by atoms with Crippen molar-refractivity contribution in [3.8, 4) is 17.2 Å². The molecule has 2 aromatic rings. The molecule has 0 radical (unpaired) electrons. The molecular formula is C29H41N5O3. The van der Waals surface area contributed by atoms with Crippen LogP contribution in [0.2, 0.25) is 0 Å². The van der Waals surface area contributed by atoms with Crippen LogP contribution < -0.4 is 19.5 Å². The van der Waals surface area contributed by atoms with E-state index in [1.54, 1.807) is 21.3 Å². The van der Waals surface area contributed by atoms with Crippen LogP contribution in [0.15, 0.2) is 46.2 Å². The zero-order valence-electron chi connectivity index (χ0n) is 23.1. The molecular weight excluding hydrogens is 466 g/mol. The van der Waals surface area contributed by atoms with Crippen molar-refractivity contribution in [2.75, 3.05) is 47.5 Å². The number of hydrogen-bond donors (Lipinski definition) is 1. The van der Waals surface area contributed by atoms with Gasteiger partial charge in [0.2, 0.25) is 5.75 Å². The van der Waals surface area contributed by atoms with Crippen LogP contribution in [0.25, 0.3) is 0 Å². The zero-order chi connectivity index (χ0) is 26.4. The Morgan fingerprint density at radius 2 is 1.78 bits per heavy atom. The summed E-state index contributed by atoms with van der Waals surface area (Å²) in [5, 5.41) is 3.49. The minimum absolute atomic E-state index is 0.215. The van der Waals surface area contributed by atoms with Crippen molar-refractivity contribution in [2.24, 2.45) is 15.9 Å². The average molecular weight is 508 g/mol. The van der Waals surface area contributed by atoms with Crippen LogP contribution in [0.4, 0.5) is 5.69 Å². The fourth-order valence-electron chi connectivity index (χ4n) is 4.98. The molecule has 1 atom stereocenters. The first-order valence-electron chi connectivity index (χ1n) is 13.2. The number of hydrogen-bond acceptors (Lipinski definition) is 6. The number of aryl methyl sites for hydroxylation is 1. The Morgan fingerprint density at radius 1 is 1.03 bits per heavy atom. The Kier molecular flexibility index (Phi) is 9.05. The quantitative estimate of drug-likeness (QED) is 0.573. The number of ether oxygens (including phenoxy) is 3. The molecule has 1 saturated heterocycles. The van der Waals surface area contributed by atoms with Crippen molar-refractivity contribution >= 4 is 17.4 Å². The molecule has 0 saturated carbocycles. The van der Waals surface area contributed by atoms with Crippen LogP contribution in [0.1, 0.15) is 44.2 Å². The Balaban J connectivity index is 1.71. The predicted octanol–water partition coefficient (Wildman–Crippen LogP) is 4.97.